The van der Waals surface area contributed by atoms with Gasteiger partial charge in [0.25, 0.3) is 0 Å². The zero-order valence-corrected chi connectivity index (χ0v) is 10.3. The number of rotatable bonds is 9. The first-order chi connectivity index (χ1) is 7.02. The Kier molecular flexibility index (Phi) is 11.8. The number of hydrogen-bond acceptors (Lipinski definition) is 3. The minimum Gasteiger partial charge on any atom is -0.481 e. The summed E-state index contributed by atoms with van der Waals surface area (Å²) in [5, 5.41) is 16.9. The smallest absolute Gasteiger partial charge is 0.317 e. The van der Waals surface area contributed by atoms with Gasteiger partial charge in [0.1, 0.15) is 0 Å². The van der Waals surface area contributed by atoms with Crippen molar-refractivity contribution in [1.82, 2.24) is 4.90 Å². The van der Waals surface area contributed by atoms with Crippen LogP contribution in [0.2, 0.25) is 0 Å². The third-order valence-corrected chi connectivity index (χ3v) is 2.09. The molecule has 0 rings (SSSR count). The Morgan fingerprint density at radius 2 is 1.56 bits per heavy atom. The summed E-state index contributed by atoms with van der Waals surface area (Å²) >= 11 is 0. The van der Waals surface area contributed by atoms with E-state index in [9.17, 15) is 9.59 Å². The van der Waals surface area contributed by atoms with Gasteiger partial charge < -0.3 is 10.2 Å². The fourth-order valence-electron chi connectivity index (χ4n) is 1.32. The van der Waals surface area contributed by atoms with E-state index < -0.39 is 11.9 Å². The molecule has 0 heterocycles. The fourth-order valence-corrected chi connectivity index (χ4v) is 1.32. The zero-order valence-electron chi connectivity index (χ0n) is 9.52. The molecule has 6 heteroatoms. The molecule has 0 aromatic carbocycles. The van der Waals surface area contributed by atoms with Gasteiger partial charge in [0.05, 0.1) is 6.54 Å². The summed E-state index contributed by atoms with van der Waals surface area (Å²) in [7, 11) is 1.77. The highest BCUT2D eigenvalue weighted by Crippen LogP contribution is 2.03. The zero-order chi connectivity index (χ0) is 11.7. The number of hydrogen-bond donors (Lipinski definition) is 2. The summed E-state index contributed by atoms with van der Waals surface area (Å²) in [6, 6.07) is 0. The molecule has 0 atom stereocenters. The monoisotopic (exact) mass is 253 g/mol. The molecule has 0 saturated heterocycles. The fraction of sp³-hybridized carbons (Fsp3) is 0.800. The third-order valence-electron chi connectivity index (χ3n) is 2.09. The highest BCUT2D eigenvalue weighted by atomic mass is 35.5. The van der Waals surface area contributed by atoms with E-state index >= 15 is 0 Å². The van der Waals surface area contributed by atoms with Gasteiger partial charge in [-0.3, -0.25) is 14.5 Å². The van der Waals surface area contributed by atoms with E-state index in [1.807, 2.05) is 0 Å². The molecule has 0 unspecified atom stereocenters. The highest BCUT2D eigenvalue weighted by molar-refractivity contribution is 5.85. The highest BCUT2D eigenvalue weighted by Gasteiger charge is 2.03. The summed E-state index contributed by atoms with van der Waals surface area (Å²) in [6.07, 6.45) is 3.71. The maximum Gasteiger partial charge on any atom is 0.317 e. The Balaban J connectivity index is 0. The predicted octanol–water partition coefficient (Wildman–Crippen LogP) is 1.46. The number of halogens is 1. The minimum atomic E-state index is -0.816. The summed E-state index contributed by atoms with van der Waals surface area (Å²) in [6.45, 7) is 0.814. The Labute approximate surface area is 102 Å². The number of unbranched alkanes of at least 4 members (excludes halogenated alkanes) is 3. The molecule has 2 N–H and O–H groups in total. The van der Waals surface area contributed by atoms with Gasteiger partial charge in [-0.25, -0.2) is 0 Å². The number of carboxylic acid groups (broad SMARTS) is 2. The van der Waals surface area contributed by atoms with Crippen molar-refractivity contribution < 1.29 is 19.8 Å². The lowest BCUT2D eigenvalue weighted by Gasteiger charge is -2.12. The van der Waals surface area contributed by atoms with E-state index in [0.29, 0.717) is 6.42 Å². The predicted molar refractivity (Wildman–Crippen MR) is 63.1 cm³/mol. The third kappa shape index (κ3) is 13.2. The average molecular weight is 254 g/mol. The largest absolute Gasteiger partial charge is 0.481 e. The molecule has 0 fully saturated rings. The molecule has 5 nitrogen and oxygen atoms in total. The first-order valence-corrected chi connectivity index (χ1v) is 5.14. The molecular weight excluding hydrogens is 234 g/mol. The summed E-state index contributed by atoms with van der Waals surface area (Å²) in [5.41, 5.74) is 0. The molecule has 0 radical (unpaired) electrons. The SMILES string of the molecule is CN(CCCCCCC(=O)O)CC(=O)O.Cl. The van der Waals surface area contributed by atoms with E-state index in [4.69, 9.17) is 10.2 Å². The van der Waals surface area contributed by atoms with Crippen molar-refractivity contribution in [3.05, 3.63) is 0 Å². The Morgan fingerprint density at radius 3 is 2.06 bits per heavy atom. The molecular formula is C10H20ClNO4. The van der Waals surface area contributed by atoms with Crippen LogP contribution in [0.15, 0.2) is 0 Å². The van der Waals surface area contributed by atoms with Gasteiger partial charge in [0.15, 0.2) is 0 Å². The van der Waals surface area contributed by atoms with Crippen molar-refractivity contribution in [2.75, 3.05) is 20.1 Å². The van der Waals surface area contributed by atoms with E-state index in [2.05, 4.69) is 0 Å². The second kappa shape index (κ2) is 10.7. The van der Waals surface area contributed by atoms with Crippen LogP contribution < -0.4 is 0 Å². The van der Waals surface area contributed by atoms with Crippen molar-refractivity contribution >= 4 is 24.3 Å². The number of nitrogens with zero attached hydrogens (tertiary/aromatic N) is 1. The number of likely N-dealkylation sites (N-methyl/N-ethyl adjacent to an activating group) is 1. The lowest BCUT2D eigenvalue weighted by atomic mass is 10.1. The van der Waals surface area contributed by atoms with E-state index in [1.165, 1.54) is 0 Å². The first kappa shape index (κ1) is 17.6. The van der Waals surface area contributed by atoms with Crippen LogP contribution in [-0.2, 0) is 9.59 Å². The molecule has 0 aliphatic rings. The molecule has 0 aromatic rings. The number of carbonyl (C=O) groups is 2. The molecule has 0 aliphatic carbocycles. The van der Waals surface area contributed by atoms with Crippen LogP contribution >= 0.6 is 12.4 Å². The Bertz CT molecular complexity index is 211. The molecule has 0 aliphatic heterocycles. The minimum absolute atomic E-state index is 0. The topological polar surface area (TPSA) is 77.8 Å². The molecule has 96 valence electrons. The second-order valence-corrected chi connectivity index (χ2v) is 3.69. The van der Waals surface area contributed by atoms with Crippen LogP contribution in [0.4, 0.5) is 0 Å². The maximum atomic E-state index is 10.3. The van der Waals surface area contributed by atoms with Crippen molar-refractivity contribution in [3.63, 3.8) is 0 Å². The van der Waals surface area contributed by atoms with Gasteiger partial charge in [-0.15, -0.1) is 12.4 Å². The Morgan fingerprint density at radius 1 is 1.00 bits per heavy atom. The number of aliphatic carboxylic acids is 2. The van der Waals surface area contributed by atoms with Crippen molar-refractivity contribution in [2.45, 2.75) is 32.1 Å². The van der Waals surface area contributed by atoms with Gasteiger partial charge >= 0.3 is 11.9 Å². The summed E-state index contributed by atoms with van der Waals surface area (Å²) < 4.78 is 0. The maximum absolute atomic E-state index is 10.3. The van der Waals surface area contributed by atoms with Crippen LogP contribution in [0.1, 0.15) is 32.1 Å². The molecule has 0 saturated carbocycles. The molecule has 0 bridgehead atoms. The van der Waals surface area contributed by atoms with E-state index in [-0.39, 0.29) is 25.4 Å². The van der Waals surface area contributed by atoms with Gasteiger partial charge in [-0.2, -0.15) is 0 Å². The molecule has 0 spiro atoms. The van der Waals surface area contributed by atoms with Gasteiger partial charge in [-0.1, -0.05) is 12.8 Å². The number of carboxylic acids is 2. The quantitative estimate of drug-likeness (QED) is 0.609. The van der Waals surface area contributed by atoms with Crippen LogP contribution in [0, 0.1) is 0 Å². The lowest BCUT2D eigenvalue weighted by Crippen LogP contribution is -2.26. The van der Waals surface area contributed by atoms with Crippen molar-refractivity contribution in [3.8, 4) is 0 Å². The van der Waals surface area contributed by atoms with E-state index in [1.54, 1.807) is 11.9 Å². The second-order valence-electron chi connectivity index (χ2n) is 3.69. The lowest BCUT2D eigenvalue weighted by molar-refractivity contribution is -0.138. The molecule has 0 aromatic heterocycles. The average Bonchev–Trinajstić information content (AvgIpc) is 2.09. The normalized spacial score (nSPS) is 9.88. The van der Waals surface area contributed by atoms with Gasteiger partial charge in [0.2, 0.25) is 0 Å². The molecule has 16 heavy (non-hydrogen) atoms. The van der Waals surface area contributed by atoms with E-state index in [0.717, 1.165) is 25.8 Å². The van der Waals surface area contributed by atoms with Crippen molar-refractivity contribution in [2.24, 2.45) is 0 Å². The van der Waals surface area contributed by atoms with Crippen LogP contribution in [0.25, 0.3) is 0 Å². The summed E-state index contributed by atoms with van der Waals surface area (Å²) in [5.74, 6) is -1.57. The summed E-state index contributed by atoms with van der Waals surface area (Å²) in [4.78, 5) is 22.3. The first-order valence-electron chi connectivity index (χ1n) is 5.14. The Hall–Kier alpha value is -0.810. The van der Waals surface area contributed by atoms with Gasteiger partial charge in [0, 0.05) is 6.42 Å². The van der Waals surface area contributed by atoms with Crippen LogP contribution in [0.3, 0.4) is 0 Å². The van der Waals surface area contributed by atoms with Crippen molar-refractivity contribution in [1.29, 1.82) is 0 Å². The van der Waals surface area contributed by atoms with Gasteiger partial charge in [-0.05, 0) is 26.4 Å². The molecule has 0 amide bonds. The van der Waals surface area contributed by atoms with Crippen LogP contribution in [-0.4, -0.2) is 47.2 Å². The van der Waals surface area contributed by atoms with Crippen LogP contribution in [0.5, 0.6) is 0 Å². The standard InChI is InChI=1S/C10H19NO4.ClH/c1-11(8-10(14)15)7-5-3-2-4-6-9(12)13;/h2-8H2,1H3,(H,12,13)(H,14,15);1H.